The molecule has 2 saturated heterocycles. The third-order valence-electron chi connectivity index (χ3n) is 4.19. The molecule has 6 heteroatoms. The average molecular weight is 290 g/mol. The molecular formula is C15H22N4O2. The van der Waals surface area contributed by atoms with Crippen LogP contribution in [-0.2, 0) is 9.53 Å². The lowest BCUT2D eigenvalue weighted by atomic mass is 9.97. The van der Waals surface area contributed by atoms with Gasteiger partial charge in [0.1, 0.15) is 5.82 Å². The molecule has 0 aromatic carbocycles. The molecule has 6 nitrogen and oxygen atoms in total. The minimum atomic E-state index is 0.0298. The van der Waals surface area contributed by atoms with E-state index in [1.807, 2.05) is 0 Å². The number of hydrogen-bond acceptors (Lipinski definition) is 5. The van der Waals surface area contributed by atoms with Crippen LogP contribution in [0.2, 0.25) is 0 Å². The normalized spacial score (nSPS) is 25.8. The van der Waals surface area contributed by atoms with Crippen molar-refractivity contribution in [3.05, 3.63) is 18.6 Å². The van der Waals surface area contributed by atoms with Gasteiger partial charge >= 0.3 is 0 Å². The molecule has 1 aromatic rings. The molecule has 2 aliphatic rings. The molecule has 0 unspecified atom stereocenters. The minimum absolute atomic E-state index is 0.0298. The molecule has 0 saturated carbocycles. The standard InChI is InChI=1S/C15H22N4O2/c20-15(18-9-13-4-2-8-21-13)12-3-1-7-19(11-12)14-10-16-5-6-17-14/h5-6,10,12-13H,1-4,7-9,11H2,(H,18,20)/t12-,13+/m0/s1. The molecule has 3 heterocycles. The summed E-state index contributed by atoms with van der Waals surface area (Å²) in [5.41, 5.74) is 0. The van der Waals surface area contributed by atoms with Gasteiger partial charge in [-0.1, -0.05) is 0 Å². The van der Waals surface area contributed by atoms with Crippen LogP contribution in [0, 0.1) is 5.92 Å². The zero-order valence-electron chi connectivity index (χ0n) is 12.2. The molecule has 1 N–H and O–H groups in total. The lowest BCUT2D eigenvalue weighted by Gasteiger charge is -2.32. The summed E-state index contributed by atoms with van der Waals surface area (Å²) in [5, 5.41) is 3.04. The van der Waals surface area contributed by atoms with Gasteiger partial charge in [0.15, 0.2) is 0 Å². The summed E-state index contributed by atoms with van der Waals surface area (Å²) in [7, 11) is 0. The van der Waals surface area contributed by atoms with Gasteiger partial charge < -0.3 is 15.0 Å². The molecule has 114 valence electrons. The van der Waals surface area contributed by atoms with Crippen molar-refractivity contribution in [2.24, 2.45) is 5.92 Å². The fourth-order valence-corrected chi connectivity index (χ4v) is 3.02. The molecule has 0 aliphatic carbocycles. The Kier molecular flexibility index (Phi) is 4.65. The van der Waals surface area contributed by atoms with Gasteiger partial charge in [-0.2, -0.15) is 0 Å². The van der Waals surface area contributed by atoms with Crippen LogP contribution in [0.1, 0.15) is 25.7 Å². The largest absolute Gasteiger partial charge is 0.376 e. The van der Waals surface area contributed by atoms with E-state index in [1.165, 1.54) is 0 Å². The van der Waals surface area contributed by atoms with E-state index in [9.17, 15) is 4.79 Å². The van der Waals surface area contributed by atoms with Crippen molar-refractivity contribution < 1.29 is 9.53 Å². The second-order valence-electron chi connectivity index (χ2n) is 5.73. The van der Waals surface area contributed by atoms with Gasteiger partial charge in [-0.25, -0.2) is 4.98 Å². The highest BCUT2D eigenvalue weighted by molar-refractivity contribution is 5.79. The lowest BCUT2D eigenvalue weighted by Crippen LogP contribution is -2.44. The number of nitrogens with zero attached hydrogens (tertiary/aromatic N) is 3. The Morgan fingerprint density at radius 2 is 2.33 bits per heavy atom. The van der Waals surface area contributed by atoms with Gasteiger partial charge in [-0.05, 0) is 25.7 Å². The van der Waals surface area contributed by atoms with Gasteiger partial charge in [-0.3, -0.25) is 9.78 Å². The summed E-state index contributed by atoms with van der Waals surface area (Å²) >= 11 is 0. The summed E-state index contributed by atoms with van der Waals surface area (Å²) < 4.78 is 5.54. The summed E-state index contributed by atoms with van der Waals surface area (Å²) in [4.78, 5) is 22.9. The van der Waals surface area contributed by atoms with Crippen LogP contribution in [0.25, 0.3) is 0 Å². The molecule has 0 bridgehead atoms. The smallest absolute Gasteiger partial charge is 0.224 e. The first-order valence-electron chi connectivity index (χ1n) is 7.73. The predicted molar refractivity (Wildman–Crippen MR) is 79.0 cm³/mol. The lowest BCUT2D eigenvalue weighted by molar-refractivity contribution is -0.125. The van der Waals surface area contributed by atoms with Gasteiger partial charge in [-0.15, -0.1) is 0 Å². The Morgan fingerprint density at radius 3 is 3.10 bits per heavy atom. The number of nitrogens with one attached hydrogen (secondary N) is 1. The van der Waals surface area contributed by atoms with Crippen molar-refractivity contribution in [3.63, 3.8) is 0 Å². The second kappa shape index (κ2) is 6.85. The average Bonchev–Trinajstić information content (AvgIpc) is 3.07. The molecule has 3 rings (SSSR count). The highest BCUT2D eigenvalue weighted by Gasteiger charge is 2.27. The molecule has 21 heavy (non-hydrogen) atoms. The summed E-state index contributed by atoms with van der Waals surface area (Å²) in [5.74, 6) is 1.02. The van der Waals surface area contributed by atoms with Crippen LogP contribution in [-0.4, -0.2) is 48.2 Å². The second-order valence-corrected chi connectivity index (χ2v) is 5.73. The number of rotatable bonds is 4. The van der Waals surface area contributed by atoms with E-state index >= 15 is 0 Å². The van der Waals surface area contributed by atoms with Gasteiger partial charge in [0.25, 0.3) is 0 Å². The summed E-state index contributed by atoms with van der Waals surface area (Å²) in [6.07, 6.45) is 9.42. The topological polar surface area (TPSA) is 67.3 Å². The Balaban J connectivity index is 1.51. The Hall–Kier alpha value is -1.69. The fourth-order valence-electron chi connectivity index (χ4n) is 3.02. The van der Waals surface area contributed by atoms with E-state index in [4.69, 9.17) is 4.74 Å². The van der Waals surface area contributed by atoms with Gasteiger partial charge in [0, 0.05) is 38.6 Å². The monoisotopic (exact) mass is 290 g/mol. The molecule has 2 aliphatic heterocycles. The number of anilines is 1. The zero-order chi connectivity index (χ0) is 14.5. The Labute approximate surface area is 124 Å². The molecular weight excluding hydrogens is 268 g/mol. The van der Waals surface area contributed by atoms with Crippen molar-refractivity contribution in [3.8, 4) is 0 Å². The number of carbonyl (C=O) groups excluding carboxylic acids is 1. The van der Waals surface area contributed by atoms with Crippen LogP contribution in [0.5, 0.6) is 0 Å². The molecule has 0 spiro atoms. The number of piperidine rings is 1. The van der Waals surface area contributed by atoms with Crippen LogP contribution in [0.15, 0.2) is 18.6 Å². The van der Waals surface area contributed by atoms with E-state index in [0.29, 0.717) is 6.54 Å². The number of amides is 1. The van der Waals surface area contributed by atoms with Crippen molar-refractivity contribution in [1.29, 1.82) is 0 Å². The predicted octanol–water partition coefficient (Wildman–Crippen LogP) is 0.988. The Bertz CT molecular complexity index is 462. The quantitative estimate of drug-likeness (QED) is 0.895. The summed E-state index contributed by atoms with van der Waals surface area (Å²) in [6.45, 7) is 3.12. The number of ether oxygens (including phenoxy) is 1. The first-order chi connectivity index (χ1) is 10.3. The molecule has 2 atom stereocenters. The van der Waals surface area contributed by atoms with Gasteiger partial charge in [0.2, 0.25) is 5.91 Å². The van der Waals surface area contributed by atoms with Gasteiger partial charge in [0.05, 0.1) is 18.2 Å². The first-order valence-corrected chi connectivity index (χ1v) is 7.73. The van der Waals surface area contributed by atoms with E-state index < -0.39 is 0 Å². The molecule has 1 amide bonds. The van der Waals surface area contributed by atoms with Crippen LogP contribution in [0.3, 0.4) is 0 Å². The van der Waals surface area contributed by atoms with Crippen LogP contribution < -0.4 is 10.2 Å². The third-order valence-corrected chi connectivity index (χ3v) is 4.19. The van der Waals surface area contributed by atoms with Crippen molar-refractivity contribution in [2.45, 2.75) is 31.8 Å². The van der Waals surface area contributed by atoms with Crippen molar-refractivity contribution in [2.75, 3.05) is 31.1 Å². The molecule has 1 aromatic heterocycles. The SMILES string of the molecule is O=C(NC[C@H]1CCCO1)[C@H]1CCCN(c2cnccn2)C1. The number of carbonyl (C=O) groups is 1. The van der Waals surface area contributed by atoms with E-state index in [0.717, 1.165) is 51.2 Å². The Morgan fingerprint density at radius 1 is 1.38 bits per heavy atom. The van der Waals surface area contributed by atoms with Crippen LogP contribution >= 0.6 is 0 Å². The highest BCUT2D eigenvalue weighted by atomic mass is 16.5. The number of aromatic nitrogens is 2. The fraction of sp³-hybridized carbons (Fsp3) is 0.667. The van der Waals surface area contributed by atoms with Crippen molar-refractivity contribution >= 4 is 11.7 Å². The minimum Gasteiger partial charge on any atom is -0.376 e. The van der Waals surface area contributed by atoms with Crippen molar-refractivity contribution in [1.82, 2.24) is 15.3 Å². The number of hydrogen-bond donors (Lipinski definition) is 1. The molecule has 2 fully saturated rings. The van der Waals surface area contributed by atoms with Crippen LogP contribution in [0.4, 0.5) is 5.82 Å². The highest BCUT2D eigenvalue weighted by Crippen LogP contribution is 2.21. The van der Waals surface area contributed by atoms with E-state index in [-0.39, 0.29) is 17.9 Å². The molecule has 0 radical (unpaired) electrons. The summed E-state index contributed by atoms with van der Waals surface area (Å²) in [6, 6.07) is 0. The first kappa shape index (κ1) is 14.3. The van der Waals surface area contributed by atoms with E-state index in [1.54, 1.807) is 18.6 Å². The zero-order valence-corrected chi connectivity index (χ0v) is 12.2. The maximum atomic E-state index is 12.3. The maximum Gasteiger partial charge on any atom is 0.224 e. The third kappa shape index (κ3) is 3.69. The van der Waals surface area contributed by atoms with E-state index in [2.05, 4.69) is 20.2 Å². The maximum absolute atomic E-state index is 12.3.